The lowest BCUT2D eigenvalue weighted by Gasteiger charge is -2.03. The molecule has 0 saturated heterocycles. The monoisotopic (exact) mass is 379 g/mol. The van der Waals surface area contributed by atoms with E-state index in [1.54, 1.807) is 12.1 Å². The number of aromatic amines is 1. The van der Waals surface area contributed by atoms with Gasteiger partial charge >= 0.3 is 5.76 Å². The number of thiazole rings is 1. The van der Waals surface area contributed by atoms with Gasteiger partial charge in [-0.05, 0) is 31.0 Å². The minimum atomic E-state index is -0.484. The third kappa shape index (κ3) is 3.98. The normalized spacial score (nSPS) is 11.0. The molecule has 136 valence electrons. The van der Waals surface area contributed by atoms with Crippen molar-refractivity contribution in [3.63, 3.8) is 0 Å². The zero-order valence-electron chi connectivity index (χ0n) is 14.6. The number of H-pyrrole nitrogens is 1. The minimum absolute atomic E-state index is 0.0661. The van der Waals surface area contributed by atoms with Crippen LogP contribution in [0.5, 0.6) is 0 Å². The second kappa shape index (κ2) is 7.20. The fourth-order valence-electron chi connectivity index (χ4n) is 2.76. The molecule has 27 heavy (non-hydrogen) atoms. The van der Waals surface area contributed by atoms with Crippen molar-refractivity contribution < 1.29 is 9.21 Å². The van der Waals surface area contributed by atoms with Crippen molar-refractivity contribution in [3.8, 4) is 11.3 Å². The number of hydrogen-bond donors (Lipinski definition) is 2. The molecular weight excluding hydrogens is 362 g/mol. The van der Waals surface area contributed by atoms with Gasteiger partial charge < -0.3 is 9.73 Å². The van der Waals surface area contributed by atoms with E-state index >= 15 is 0 Å². The summed E-state index contributed by atoms with van der Waals surface area (Å²) in [4.78, 5) is 30.5. The van der Waals surface area contributed by atoms with Crippen LogP contribution in [0, 0.1) is 6.92 Å². The van der Waals surface area contributed by atoms with Gasteiger partial charge in [0.1, 0.15) is 0 Å². The lowest BCUT2D eigenvalue weighted by Crippen LogP contribution is -2.12. The summed E-state index contributed by atoms with van der Waals surface area (Å²) in [5, 5.41) is 5.26. The van der Waals surface area contributed by atoms with Crippen LogP contribution >= 0.6 is 11.3 Å². The van der Waals surface area contributed by atoms with Crippen LogP contribution in [0.25, 0.3) is 22.4 Å². The Labute approximate surface area is 158 Å². The predicted molar refractivity (Wildman–Crippen MR) is 106 cm³/mol. The van der Waals surface area contributed by atoms with Gasteiger partial charge in [0.05, 0.1) is 11.2 Å². The van der Waals surface area contributed by atoms with E-state index in [2.05, 4.69) is 15.3 Å². The number of anilines is 1. The van der Waals surface area contributed by atoms with E-state index in [0.29, 0.717) is 29.1 Å². The average molecular weight is 379 g/mol. The summed E-state index contributed by atoms with van der Waals surface area (Å²) < 4.78 is 5.08. The first-order chi connectivity index (χ1) is 13.1. The van der Waals surface area contributed by atoms with Gasteiger partial charge in [-0.2, -0.15) is 0 Å². The van der Waals surface area contributed by atoms with Crippen molar-refractivity contribution in [2.75, 3.05) is 5.32 Å². The Morgan fingerprint density at radius 3 is 2.85 bits per heavy atom. The molecule has 4 aromatic rings. The van der Waals surface area contributed by atoms with Gasteiger partial charge in [0.15, 0.2) is 10.7 Å². The van der Waals surface area contributed by atoms with Crippen LogP contribution in [-0.2, 0) is 11.2 Å². The molecular formula is C20H17N3O3S. The zero-order valence-corrected chi connectivity index (χ0v) is 15.4. The number of nitrogens with one attached hydrogen (secondary N) is 2. The molecule has 2 heterocycles. The smallest absolute Gasteiger partial charge is 0.408 e. The fraction of sp³-hybridized carbons (Fsp3) is 0.150. The van der Waals surface area contributed by atoms with Crippen LogP contribution < -0.4 is 11.1 Å². The number of rotatable bonds is 5. The highest BCUT2D eigenvalue weighted by atomic mass is 32.1. The van der Waals surface area contributed by atoms with Crippen molar-refractivity contribution in [2.45, 2.75) is 19.8 Å². The topological polar surface area (TPSA) is 88.0 Å². The third-order valence-electron chi connectivity index (χ3n) is 4.23. The molecule has 2 aromatic heterocycles. The summed E-state index contributed by atoms with van der Waals surface area (Å²) in [5.41, 5.74) is 5.01. The van der Waals surface area contributed by atoms with Gasteiger partial charge in [-0.1, -0.05) is 35.9 Å². The highest BCUT2D eigenvalue weighted by Gasteiger charge is 2.10. The number of nitrogens with zero attached hydrogens (tertiary/aromatic N) is 1. The molecule has 0 saturated carbocycles. The van der Waals surface area contributed by atoms with Crippen molar-refractivity contribution >= 4 is 33.5 Å². The standard InChI is InChI=1S/C20H17N3O3S/c1-12-2-4-13(5-3-12)6-9-18(24)23-19-21-16(11-27-19)14-7-8-15-17(10-14)26-20(25)22-15/h2-5,7-8,10-11H,6,9H2,1H3,(H,22,25)(H,21,23,24). The van der Waals surface area contributed by atoms with Gasteiger partial charge in [-0.3, -0.25) is 9.78 Å². The molecule has 0 radical (unpaired) electrons. The predicted octanol–water partition coefficient (Wildman–Crippen LogP) is 4.12. The first-order valence-electron chi connectivity index (χ1n) is 8.51. The first-order valence-corrected chi connectivity index (χ1v) is 9.39. The maximum Gasteiger partial charge on any atom is 0.417 e. The van der Waals surface area contributed by atoms with E-state index in [9.17, 15) is 9.59 Å². The van der Waals surface area contributed by atoms with Gasteiger partial charge in [-0.25, -0.2) is 9.78 Å². The molecule has 7 heteroatoms. The molecule has 6 nitrogen and oxygen atoms in total. The molecule has 0 aliphatic heterocycles. The average Bonchev–Trinajstić information content (AvgIpc) is 3.26. The van der Waals surface area contributed by atoms with Crippen molar-refractivity contribution in [1.82, 2.24) is 9.97 Å². The molecule has 0 bridgehead atoms. The molecule has 0 unspecified atom stereocenters. The number of aromatic nitrogens is 2. The third-order valence-corrected chi connectivity index (χ3v) is 4.99. The van der Waals surface area contributed by atoms with Crippen LogP contribution in [0.3, 0.4) is 0 Å². The van der Waals surface area contributed by atoms with Crippen molar-refractivity contribution in [1.29, 1.82) is 0 Å². The summed E-state index contributed by atoms with van der Waals surface area (Å²) in [6.45, 7) is 2.04. The highest BCUT2D eigenvalue weighted by molar-refractivity contribution is 7.14. The molecule has 0 aliphatic carbocycles. The maximum absolute atomic E-state index is 12.2. The molecule has 1 amide bonds. The number of fused-ring (bicyclic) bond motifs is 1. The van der Waals surface area contributed by atoms with Gasteiger partial charge in [0, 0.05) is 17.4 Å². The van der Waals surface area contributed by atoms with E-state index < -0.39 is 5.76 Å². The fourth-order valence-corrected chi connectivity index (χ4v) is 3.50. The number of carbonyl (C=O) groups is 1. The lowest BCUT2D eigenvalue weighted by molar-refractivity contribution is -0.116. The van der Waals surface area contributed by atoms with Gasteiger partial charge in [0.25, 0.3) is 0 Å². The van der Waals surface area contributed by atoms with Crippen molar-refractivity contribution in [2.24, 2.45) is 0 Å². The molecule has 4 rings (SSSR count). The summed E-state index contributed by atoms with van der Waals surface area (Å²) in [5.74, 6) is -0.550. The van der Waals surface area contributed by atoms with E-state index in [0.717, 1.165) is 16.8 Å². The Kier molecular flexibility index (Phi) is 4.60. The summed E-state index contributed by atoms with van der Waals surface area (Å²) in [7, 11) is 0. The van der Waals surface area contributed by atoms with E-state index in [-0.39, 0.29) is 5.91 Å². The quantitative estimate of drug-likeness (QED) is 0.546. The number of amides is 1. The lowest BCUT2D eigenvalue weighted by atomic mass is 10.1. The van der Waals surface area contributed by atoms with Crippen LogP contribution in [0.1, 0.15) is 17.5 Å². The Morgan fingerprint density at radius 1 is 1.22 bits per heavy atom. The Hall–Kier alpha value is -3.19. The zero-order chi connectivity index (χ0) is 18.8. The van der Waals surface area contributed by atoms with Crippen LogP contribution in [-0.4, -0.2) is 15.9 Å². The van der Waals surface area contributed by atoms with E-state index in [1.807, 2.05) is 42.6 Å². The Bertz CT molecular complexity index is 1160. The van der Waals surface area contributed by atoms with Gasteiger partial charge in [0.2, 0.25) is 5.91 Å². The summed E-state index contributed by atoms with van der Waals surface area (Å²) >= 11 is 1.36. The Balaban J connectivity index is 1.41. The Morgan fingerprint density at radius 2 is 2.04 bits per heavy atom. The summed E-state index contributed by atoms with van der Waals surface area (Å²) in [6.07, 6.45) is 1.09. The van der Waals surface area contributed by atoms with Crippen LogP contribution in [0.15, 0.2) is 57.1 Å². The van der Waals surface area contributed by atoms with E-state index in [4.69, 9.17) is 4.42 Å². The van der Waals surface area contributed by atoms with E-state index in [1.165, 1.54) is 16.9 Å². The summed E-state index contributed by atoms with van der Waals surface area (Å²) in [6, 6.07) is 13.6. The maximum atomic E-state index is 12.2. The highest BCUT2D eigenvalue weighted by Crippen LogP contribution is 2.27. The number of benzene rings is 2. The number of oxazole rings is 1. The SMILES string of the molecule is Cc1ccc(CCC(=O)Nc2nc(-c3ccc4[nH]c(=O)oc4c3)cs2)cc1. The molecule has 2 N–H and O–H groups in total. The second-order valence-electron chi connectivity index (χ2n) is 6.30. The number of aryl methyl sites for hydroxylation is 2. The molecule has 0 atom stereocenters. The second-order valence-corrected chi connectivity index (χ2v) is 7.16. The molecule has 2 aromatic carbocycles. The molecule has 0 spiro atoms. The van der Waals surface area contributed by atoms with Crippen molar-refractivity contribution in [3.05, 3.63) is 69.5 Å². The largest absolute Gasteiger partial charge is 0.417 e. The van der Waals surface area contributed by atoms with Crippen LogP contribution in [0.4, 0.5) is 5.13 Å². The van der Waals surface area contributed by atoms with Crippen LogP contribution in [0.2, 0.25) is 0 Å². The number of hydrogen-bond acceptors (Lipinski definition) is 5. The molecule has 0 aliphatic rings. The minimum Gasteiger partial charge on any atom is -0.408 e. The number of carbonyl (C=O) groups excluding carboxylic acids is 1. The van der Waals surface area contributed by atoms with Gasteiger partial charge in [-0.15, -0.1) is 11.3 Å². The first kappa shape index (κ1) is 17.2. The molecule has 0 fully saturated rings.